The third-order valence-corrected chi connectivity index (χ3v) is 5.46. The minimum absolute atomic E-state index is 0.130. The van der Waals surface area contributed by atoms with E-state index < -0.39 is 0 Å². The predicted octanol–water partition coefficient (Wildman–Crippen LogP) is 4.08. The first-order valence-electron chi connectivity index (χ1n) is 7.91. The second-order valence-electron chi connectivity index (χ2n) is 5.74. The largest absolute Gasteiger partial charge is 0.342 e. The topological polar surface area (TPSA) is 20.3 Å². The fraction of sp³-hybridized carbons (Fsp3) is 0.316. The lowest BCUT2D eigenvalue weighted by Crippen LogP contribution is -2.34. The van der Waals surface area contributed by atoms with Crippen molar-refractivity contribution in [2.45, 2.75) is 18.1 Å². The molecule has 0 saturated carbocycles. The van der Waals surface area contributed by atoms with Crippen molar-refractivity contribution in [2.24, 2.45) is 0 Å². The molecule has 1 saturated heterocycles. The van der Waals surface area contributed by atoms with E-state index in [1.165, 1.54) is 17.7 Å². The summed E-state index contributed by atoms with van der Waals surface area (Å²) in [7, 11) is 0. The van der Waals surface area contributed by atoms with E-state index in [4.69, 9.17) is 0 Å². The minimum atomic E-state index is -0.266. The maximum absolute atomic E-state index is 12.9. The van der Waals surface area contributed by atoms with Crippen molar-refractivity contribution in [3.8, 4) is 0 Å². The van der Waals surface area contributed by atoms with Gasteiger partial charge < -0.3 is 4.90 Å². The van der Waals surface area contributed by atoms with Crippen LogP contribution in [0.25, 0.3) is 0 Å². The van der Waals surface area contributed by atoms with Gasteiger partial charge in [-0.25, -0.2) is 4.39 Å². The normalized spacial score (nSPS) is 18.5. The lowest BCUT2D eigenvalue weighted by atomic mass is 10.1. The molecule has 0 spiro atoms. The van der Waals surface area contributed by atoms with Crippen molar-refractivity contribution in [1.82, 2.24) is 4.90 Å². The van der Waals surface area contributed by atoms with E-state index in [1.807, 2.05) is 22.7 Å². The quantitative estimate of drug-likeness (QED) is 0.846. The molecule has 2 aromatic carbocycles. The minimum Gasteiger partial charge on any atom is -0.342 e. The SMILES string of the molecule is O=C(Cc1ccc(F)cc1)N1CCS[C@@H](c2ccccc2)CC1. The molecule has 0 unspecified atom stereocenters. The molecule has 1 heterocycles. The van der Waals surface area contributed by atoms with Crippen LogP contribution < -0.4 is 0 Å². The van der Waals surface area contributed by atoms with Crippen LogP contribution in [0.5, 0.6) is 0 Å². The maximum atomic E-state index is 12.9. The molecule has 4 heteroatoms. The van der Waals surface area contributed by atoms with Gasteiger partial charge >= 0.3 is 0 Å². The highest BCUT2D eigenvalue weighted by atomic mass is 32.2. The summed E-state index contributed by atoms with van der Waals surface area (Å²) in [5.41, 5.74) is 2.21. The Kier molecular flexibility index (Phi) is 5.34. The Morgan fingerprint density at radius 2 is 1.83 bits per heavy atom. The van der Waals surface area contributed by atoms with Crippen molar-refractivity contribution in [3.05, 3.63) is 71.5 Å². The number of amides is 1. The average Bonchev–Trinajstić information content (AvgIpc) is 2.84. The molecule has 1 aliphatic rings. The molecular formula is C19H20FNOS. The van der Waals surface area contributed by atoms with E-state index in [0.29, 0.717) is 11.7 Å². The van der Waals surface area contributed by atoms with Gasteiger partial charge in [0, 0.05) is 24.1 Å². The molecule has 0 aromatic heterocycles. The second kappa shape index (κ2) is 7.64. The predicted molar refractivity (Wildman–Crippen MR) is 92.9 cm³/mol. The van der Waals surface area contributed by atoms with E-state index in [2.05, 4.69) is 24.3 Å². The molecule has 0 bridgehead atoms. The number of hydrogen-bond acceptors (Lipinski definition) is 2. The summed E-state index contributed by atoms with van der Waals surface area (Å²) in [5.74, 6) is 0.818. The Balaban J connectivity index is 1.59. The fourth-order valence-electron chi connectivity index (χ4n) is 2.84. The van der Waals surface area contributed by atoms with Crippen LogP contribution in [0.4, 0.5) is 4.39 Å². The molecule has 120 valence electrons. The number of benzene rings is 2. The number of carbonyl (C=O) groups is 1. The molecule has 1 atom stereocenters. The average molecular weight is 329 g/mol. The fourth-order valence-corrected chi connectivity index (χ4v) is 4.07. The zero-order valence-corrected chi connectivity index (χ0v) is 13.8. The van der Waals surface area contributed by atoms with Crippen LogP contribution >= 0.6 is 11.8 Å². The Morgan fingerprint density at radius 1 is 1.09 bits per heavy atom. The van der Waals surface area contributed by atoms with Gasteiger partial charge in [0.15, 0.2) is 0 Å². The van der Waals surface area contributed by atoms with Crippen molar-refractivity contribution in [3.63, 3.8) is 0 Å². The van der Waals surface area contributed by atoms with Gasteiger partial charge in [0.25, 0.3) is 0 Å². The van der Waals surface area contributed by atoms with Gasteiger partial charge in [-0.1, -0.05) is 42.5 Å². The van der Waals surface area contributed by atoms with E-state index >= 15 is 0 Å². The van der Waals surface area contributed by atoms with Crippen LogP contribution in [-0.4, -0.2) is 29.6 Å². The second-order valence-corrected chi connectivity index (χ2v) is 7.05. The number of hydrogen-bond donors (Lipinski definition) is 0. The number of halogens is 1. The van der Waals surface area contributed by atoms with Crippen LogP contribution in [0.3, 0.4) is 0 Å². The molecule has 1 amide bonds. The highest BCUT2D eigenvalue weighted by Crippen LogP contribution is 2.34. The Labute approximate surface area is 140 Å². The number of rotatable bonds is 3. The molecule has 2 aromatic rings. The highest BCUT2D eigenvalue weighted by molar-refractivity contribution is 7.99. The zero-order chi connectivity index (χ0) is 16.1. The summed E-state index contributed by atoms with van der Waals surface area (Å²) in [6.45, 7) is 1.57. The highest BCUT2D eigenvalue weighted by Gasteiger charge is 2.21. The number of carbonyl (C=O) groups excluding carboxylic acids is 1. The standard InChI is InChI=1S/C19H20FNOS/c20-17-8-6-15(7-9-17)14-19(22)21-11-10-18(23-13-12-21)16-4-2-1-3-5-16/h1-9,18H,10-14H2/t18-/m1/s1. The van der Waals surface area contributed by atoms with Gasteiger partial charge in [0.05, 0.1) is 6.42 Å². The molecular weight excluding hydrogens is 309 g/mol. The first-order valence-corrected chi connectivity index (χ1v) is 8.96. The van der Waals surface area contributed by atoms with Crippen molar-refractivity contribution < 1.29 is 9.18 Å². The third-order valence-electron chi connectivity index (χ3n) is 4.13. The summed E-state index contributed by atoms with van der Waals surface area (Å²) < 4.78 is 12.9. The third kappa shape index (κ3) is 4.35. The summed E-state index contributed by atoms with van der Waals surface area (Å²) in [6.07, 6.45) is 1.32. The smallest absolute Gasteiger partial charge is 0.227 e. The van der Waals surface area contributed by atoms with Gasteiger partial charge in [0.1, 0.15) is 5.82 Å². The van der Waals surface area contributed by atoms with E-state index in [9.17, 15) is 9.18 Å². The number of nitrogens with zero attached hydrogens (tertiary/aromatic N) is 1. The Morgan fingerprint density at radius 3 is 2.57 bits per heavy atom. The molecule has 2 nitrogen and oxygen atoms in total. The van der Waals surface area contributed by atoms with Crippen LogP contribution in [-0.2, 0) is 11.2 Å². The lowest BCUT2D eigenvalue weighted by molar-refractivity contribution is -0.130. The first kappa shape index (κ1) is 16.1. The molecule has 0 aliphatic carbocycles. The van der Waals surface area contributed by atoms with E-state index in [-0.39, 0.29) is 11.7 Å². The van der Waals surface area contributed by atoms with Crippen molar-refractivity contribution >= 4 is 17.7 Å². The van der Waals surface area contributed by atoms with Crippen molar-refractivity contribution in [1.29, 1.82) is 0 Å². The first-order chi connectivity index (χ1) is 11.2. The summed E-state index contributed by atoms with van der Waals surface area (Å²) in [4.78, 5) is 14.4. The molecule has 3 rings (SSSR count). The van der Waals surface area contributed by atoms with Gasteiger partial charge in [-0.15, -0.1) is 0 Å². The van der Waals surface area contributed by atoms with Gasteiger partial charge in [0.2, 0.25) is 5.91 Å². The van der Waals surface area contributed by atoms with E-state index in [0.717, 1.165) is 30.8 Å². The van der Waals surface area contributed by atoms with Crippen molar-refractivity contribution in [2.75, 3.05) is 18.8 Å². The van der Waals surface area contributed by atoms with Crippen LogP contribution in [0.2, 0.25) is 0 Å². The maximum Gasteiger partial charge on any atom is 0.227 e. The molecule has 1 fully saturated rings. The molecule has 23 heavy (non-hydrogen) atoms. The Hall–Kier alpha value is -1.81. The number of thioether (sulfide) groups is 1. The zero-order valence-electron chi connectivity index (χ0n) is 13.0. The van der Waals surface area contributed by atoms with Gasteiger partial charge in [-0.05, 0) is 29.7 Å². The summed E-state index contributed by atoms with van der Waals surface area (Å²) in [6, 6.07) is 16.7. The van der Waals surface area contributed by atoms with Crippen LogP contribution in [0, 0.1) is 5.82 Å². The van der Waals surface area contributed by atoms with Crippen LogP contribution in [0.1, 0.15) is 22.8 Å². The summed E-state index contributed by atoms with van der Waals surface area (Å²) in [5, 5.41) is 0.458. The molecule has 0 radical (unpaired) electrons. The van der Waals surface area contributed by atoms with Gasteiger partial charge in [-0.2, -0.15) is 11.8 Å². The van der Waals surface area contributed by atoms with Crippen LogP contribution in [0.15, 0.2) is 54.6 Å². The van der Waals surface area contributed by atoms with E-state index in [1.54, 1.807) is 12.1 Å². The molecule has 0 N–H and O–H groups in total. The Bertz CT molecular complexity index is 644. The summed E-state index contributed by atoms with van der Waals surface area (Å²) >= 11 is 1.92. The monoisotopic (exact) mass is 329 g/mol. The lowest BCUT2D eigenvalue weighted by Gasteiger charge is -2.20. The molecule has 1 aliphatic heterocycles. The van der Waals surface area contributed by atoms with Gasteiger partial charge in [-0.3, -0.25) is 4.79 Å².